The number of phenolic OH excluding ortho intramolecular Hbond substituents is 1. The van der Waals surface area contributed by atoms with Gasteiger partial charge in [-0.2, -0.15) is 25.3 Å². The zero-order chi connectivity index (χ0) is 21.5. The largest absolute Gasteiger partial charge is 0.507 e. The molecule has 0 aromatic heterocycles. The molecule has 0 fully saturated rings. The molecule has 0 aliphatic rings. The molecule has 13 heteroatoms. The Labute approximate surface area is 163 Å². The number of rotatable bonds is 3. The van der Waals surface area contributed by atoms with Crippen molar-refractivity contribution in [2.24, 2.45) is 0 Å². The smallest absolute Gasteiger partial charge is 0.295 e. The Kier molecular flexibility index (Phi) is 3.91. The molecule has 0 saturated heterocycles. The van der Waals surface area contributed by atoms with Crippen LogP contribution in [0.4, 0.5) is 0 Å². The molecule has 0 radical (unpaired) electrons. The Morgan fingerprint density at radius 3 is 1.48 bits per heavy atom. The van der Waals surface area contributed by atoms with Crippen molar-refractivity contribution in [1.29, 1.82) is 0 Å². The number of benzene rings is 4. The molecule has 4 aromatic rings. The van der Waals surface area contributed by atoms with Gasteiger partial charge in [-0.1, -0.05) is 0 Å². The molecular formula is C16H10O10S3. The highest BCUT2D eigenvalue weighted by molar-refractivity contribution is 7.86. The van der Waals surface area contributed by atoms with Crippen LogP contribution >= 0.6 is 0 Å². The van der Waals surface area contributed by atoms with E-state index in [1.807, 2.05) is 0 Å². The fourth-order valence-corrected chi connectivity index (χ4v) is 5.21. The highest BCUT2D eigenvalue weighted by Crippen LogP contribution is 2.43. The molecule has 0 heterocycles. The molecule has 0 atom stereocenters. The van der Waals surface area contributed by atoms with Gasteiger partial charge in [0.05, 0.1) is 9.79 Å². The lowest BCUT2D eigenvalue weighted by molar-refractivity contribution is 0.479. The van der Waals surface area contributed by atoms with Crippen LogP contribution in [0.15, 0.2) is 51.1 Å². The number of phenols is 1. The van der Waals surface area contributed by atoms with Gasteiger partial charge in [-0.15, -0.1) is 0 Å². The van der Waals surface area contributed by atoms with Crippen LogP contribution < -0.4 is 0 Å². The SMILES string of the molecule is O=S(=O)(O)c1cc2cc(S(=O)(=O)O)c3cc(S(=O)(=O)O)cc4cc(O)c(c1)c2c43. The molecular weight excluding hydrogens is 448 g/mol. The minimum Gasteiger partial charge on any atom is -0.507 e. The van der Waals surface area contributed by atoms with Gasteiger partial charge < -0.3 is 5.11 Å². The minimum absolute atomic E-state index is 0.00947. The van der Waals surface area contributed by atoms with Gasteiger partial charge in [-0.3, -0.25) is 13.7 Å². The van der Waals surface area contributed by atoms with Crippen LogP contribution in [0.2, 0.25) is 0 Å². The molecule has 0 bridgehead atoms. The summed E-state index contributed by atoms with van der Waals surface area (Å²) >= 11 is 0. The van der Waals surface area contributed by atoms with E-state index in [4.69, 9.17) is 0 Å². The zero-order valence-electron chi connectivity index (χ0n) is 13.9. The molecule has 0 unspecified atom stereocenters. The van der Waals surface area contributed by atoms with Crippen molar-refractivity contribution in [3.8, 4) is 5.75 Å². The fraction of sp³-hybridized carbons (Fsp3) is 0. The second kappa shape index (κ2) is 5.75. The van der Waals surface area contributed by atoms with Gasteiger partial charge in [-0.25, -0.2) is 0 Å². The zero-order valence-corrected chi connectivity index (χ0v) is 16.4. The fourth-order valence-electron chi connectivity index (χ4n) is 3.41. The summed E-state index contributed by atoms with van der Waals surface area (Å²) in [6.07, 6.45) is 0. The van der Waals surface area contributed by atoms with Crippen molar-refractivity contribution in [1.82, 2.24) is 0 Å². The standard InChI is InChI=1S/C16H10O10S3/c17-13-3-7-1-10(28(21,22)23)6-12-14(29(24,25)26)4-8-2-9(27(18,19)20)5-11(13)15(8)16(7)12/h1-6,17H,(H,18,19,20)(H,21,22,23)(H,24,25,26). The maximum Gasteiger partial charge on any atom is 0.295 e. The maximum atomic E-state index is 11.9. The number of hydrogen-bond donors (Lipinski definition) is 4. The van der Waals surface area contributed by atoms with Crippen molar-refractivity contribution < 1.29 is 44.0 Å². The van der Waals surface area contributed by atoms with Gasteiger partial charge in [0.25, 0.3) is 30.4 Å². The lowest BCUT2D eigenvalue weighted by Gasteiger charge is -2.16. The Bertz CT molecular complexity index is 1670. The molecule has 4 rings (SSSR count). The van der Waals surface area contributed by atoms with E-state index in [1.54, 1.807) is 0 Å². The first-order chi connectivity index (χ1) is 13.2. The van der Waals surface area contributed by atoms with Crippen molar-refractivity contribution in [2.45, 2.75) is 14.7 Å². The second-order valence-corrected chi connectivity index (χ2v) is 10.6. The van der Waals surface area contributed by atoms with Crippen LogP contribution in [-0.4, -0.2) is 44.0 Å². The summed E-state index contributed by atoms with van der Waals surface area (Å²) < 4.78 is 98.5. The Morgan fingerprint density at radius 1 is 0.552 bits per heavy atom. The minimum atomic E-state index is -4.92. The summed E-state index contributed by atoms with van der Waals surface area (Å²) in [6.45, 7) is 0. The van der Waals surface area contributed by atoms with Crippen LogP contribution in [0, 0.1) is 0 Å². The van der Waals surface area contributed by atoms with Crippen molar-refractivity contribution in [2.75, 3.05) is 0 Å². The van der Waals surface area contributed by atoms with E-state index in [1.165, 1.54) is 0 Å². The third-order valence-electron chi connectivity index (χ3n) is 4.53. The molecule has 0 amide bonds. The van der Waals surface area contributed by atoms with E-state index in [-0.39, 0.29) is 32.3 Å². The predicted octanol–water partition coefficient (Wildman–Crippen LogP) is 2.03. The lowest BCUT2D eigenvalue weighted by Crippen LogP contribution is -2.04. The van der Waals surface area contributed by atoms with Gasteiger partial charge in [0.1, 0.15) is 10.6 Å². The molecule has 4 aromatic carbocycles. The van der Waals surface area contributed by atoms with Gasteiger partial charge in [0.15, 0.2) is 0 Å². The molecule has 0 aliphatic heterocycles. The summed E-state index contributed by atoms with van der Waals surface area (Å²) in [5, 5.41) is 10.2. The summed E-state index contributed by atoms with van der Waals surface area (Å²) in [5.41, 5.74) is 0. The first-order valence-corrected chi connectivity index (χ1v) is 11.9. The lowest BCUT2D eigenvalue weighted by atomic mass is 9.93. The Morgan fingerprint density at radius 2 is 1.00 bits per heavy atom. The predicted molar refractivity (Wildman–Crippen MR) is 101 cm³/mol. The normalized spacial score (nSPS) is 13.6. The van der Waals surface area contributed by atoms with Crippen LogP contribution in [0.3, 0.4) is 0 Å². The van der Waals surface area contributed by atoms with E-state index in [2.05, 4.69) is 0 Å². The third kappa shape index (κ3) is 3.08. The topological polar surface area (TPSA) is 183 Å². The van der Waals surface area contributed by atoms with E-state index < -0.39 is 50.8 Å². The van der Waals surface area contributed by atoms with Crippen molar-refractivity contribution in [3.63, 3.8) is 0 Å². The van der Waals surface area contributed by atoms with E-state index in [9.17, 15) is 44.0 Å². The van der Waals surface area contributed by atoms with Gasteiger partial charge in [0, 0.05) is 16.2 Å². The molecule has 152 valence electrons. The monoisotopic (exact) mass is 458 g/mol. The van der Waals surface area contributed by atoms with Crippen LogP contribution in [-0.2, 0) is 30.4 Å². The first kappa shape index (κ1) is 19.8. The average Bonchev–Trinajstić information content (AvgIpc) is 2.56. The average molecular weight is 458 g/mol. The van der Waals surface area contributed by atoms with E-state index in [0.29, 0.717) is 0 Å². The van der Waals surface area contributed by atoms with Crippen LogP contribution in [0.25, 0.3) is 32.3 Å². The van der Waals surface area contributed by atoms with Crippen molar-refractivity contribution in [3.05, 3.63) is 36.4 Å². The Hall–Kier alpha value is -2.55. The number of aromatic hydroxyl groups is 1. The summed E-state index contributed by atoms with van der Waals surface area (Å²) in [4.78, 5) is -2.05. The van der Waals surface area contributed by atoms with E-state index in [0.717, 1.165) is 36.4 Å². The molecule has 0 aliphatic carbocycles. The van der Waals surface area contributed by atoms with Gasteiger partial charge in [-0.05, 0) is 52.6 Å². The van der Waals surface area contributed by atoms with Crippen LogP contribution in [0.1, 0.15) is 0 Å². The summed E-state index contributed by atoms with van der Waals surface area (Å²) in [7, 11) is -14.4. The number of hydrogen-bond acceptors (Lipinski definition) is 7. The molecule has 0 spiro atoms. The van der Waals surface area contributed by atoms with Crippen molar-refractivity contribution >= 4 is 62.7 Å². The maximum absolute atomic E-state index is 11.9. The summed E-state index contributed by atoms with van der Waals surface area (Å²) in [5.74, 6) is -0.485. The molecule has 0 saturated carbocycles. The third-order valence-corrected chi connectivity index (χ3v) is 7.09. The van der Waals surface area contributed by atoms with Gasteiger partial charge in [0.2, 0.25) is 0 Å². The molecule has 4 N–H and O–H groups in total. The summed E-state index contributed by atoms with van der Waals surface area (Å²) in [6, 6.07) is 5.66. The quantitative estimate of drug-likeness (QED) is 0.262. The first-order valence-electron chi connectivity index (χ1n) is 7.60. The second-order valence-electron chi connectivity index (χ2n) is 6.33. The van der Waals surface area contributed by atoms with Crippen LogP contribution in [0.5, 0.6) is 5.75 Å². The molecule has 10 nitrogen and oxygen atoms in total. The van der Waals surface area contributed by atoms with Gasteiger partial charge >= 0.3 is 0 Å². The van der Waals surface area contributed by atoms with E-state index >= 15 is 0 Å². The molecule has 29 heavy (non-hydrogen) atoms. The highest BCUT2D eigenvalue weighted by atomic mass is 32.2. The Balaban J connectivity index is 2.40. The highest BCUT2D eigenvalue weighted by Gasteiger charge is 2.25.